The van der Waals surface area contributed by atoms with Crippen LogP contribution in [0.5, 0.6) is 0 Å². The van der Waals surface area contributed by atoms with Crippen LogP contribution in [0.2, 0.25) is 0 Å². The highest BCUT2D eigenvalue weighted by molar-refractivity contribution is 8.03. The first kappa shape index (κ1) is 21.4. The highest BCUT2D eigenvalue weighted by atomic mass is 32.2. The van der Waals surface area contributed by atoms with Crippen molar-refractivity contribution in [3.05, 3.63) is 118 Å². The van der Waals surface area contributed by atoms with Crippen molar-refractivity contribution >= 4 is 34.9 Å². The third kappa shape index (κ3) is 5.27. The number of fused-ring (bicyclic) bond motifs is 2. The number of anilines is 1. The van der Waals surface area contributed by atoms with Crippen LogP contribution in [0.4, 0.5) is 5.69 Å². The number of benzene rings is 1. The molecule has 0 fully saturated rings. The van der Waals surface area contributed by atoms with Gasteiger partial charge in [-0.25, -0.2) is 0 Å². The smallest absolute Gasteiger partial charge is 0.261 e. The third-order valence-electron chi connectivity index (χ3n) is 5.20. The molecule has 0 amide bonds. The minimum Gasteiger partial charge on any atom is -0.338 e. The monoisotopic (exact) mass is 443 g/mol. The molecule has 4 heteroatoms. The molecule has 0 N–H and O–H groups in total. The van der Waals surface area contributed by atoms with Gasteiger partial charge in [-0.2, -0.15) is 4.57 Å². The molecule has 0 radical (unpaired) electrons. The molecular formula is C27H27N2S2+. The molecule has 0 atom stereocenters. The van der Waals surface area contributed by atoms with Crippen molar-refractivity contribution in [3.63, 3.8) is 0 Å². The fraction of sp³-hybridized carbons (Fsp3) is 0.148. The summed E-state index contributed by atoms with van der Waals surface area (Å²) in [5.41, 5.74) is 2.69. The van der Waals surface area contributed by atoms with E-state index >= 15 is 0 Å². The largest absolute Gasteiger partial charge is 0.338 e. The van der Waals surface area contributed by atoms with Crippen LogP contribution >= 0.6 is 23.1 Å². The fourth-order valence-electron chi connectivity index (χ4n) is 3.50. The van der Waals surface area contributed by atoms with Crippen LogP contribution in [0.25, 0.3) is 6.08 Å². The van der Waals surface area contributed by atoms with E-state index in [0.29, 0.717) is 0 Å². The van der Waals surface area contributed by atoms with Gasteiger partial charge in [0.05, 0.1) is 22.0 Å². The lowest BCUT2D eigenvalue weighted by atomic mass is 10.1. The van der Waals surface area contributed by atoms with Gasteiger partial charge in [0.2, 0.25) is 0 Å². The number of thioether (sulfide) groups is 1. The first-order valence-electron chi connectivity index (χ1n) is 10.5. The molecule has 0 saturated heterocycles. The van der Waals surface area contributed by atoms with Gasteiger partial charge in [0.15, 0.2) is 5.69 Å². The Morgan fingerprint density at radius 2 is 1.61 bits per heavy atom. The third-order valence-corrected chi connectivity index (χ3v) is 7.65. The number of aromatic nitrogens is 1. The molecule has 2 heterocycles. The summed E-state index contributed by atoms with van der Waals surface area (Å²) in [6.45, 7) is 0. The van der Waals surface area contributed by atoms with Gasteiger partial charge < -0.3 is 4.90 Å². The van der Waals surface area contributed by atoms with E-state index in [4.69, 9.17) is 0 Å². The number of nitrogens with zero attached hydrogens (tertiary/aromatic N) is 2. The normalized spacial score (nSPS) is 18.5. The minimum atomic E-state index is 1.00. The molecule has 0 bridgehead atoms. The van der Waals surface area contributed by atoms with Gasteiger partial charge in [-0.3, -0.25) is 0 Å². The van der Waals surface area contributed by atoms with Crippen molar-refractivity contribution in [3.8, 4) is 0 Å². The van der Waals surface area contributed by atoms with E-state index in [1.165, 1.54) is 31.2 Å². The van der Waals surface area contributed by atoms with Crippen molar-refractivity contribution in [2.75, 3.05) is 11.9 Å². The lowest BCUT2D eigenvalue weighted by Gasteiger charge is -2.12. The van der Waals surface area contributed by atoms with E-state index in [1.807, 2.05) is 23.1 Å². The van der Waals surface area contributed by atoms with Crippen LogP contribution in [0.3, 0.4) is 0 Å². The second-order valence-electron chi connectivity index (χ2n) is 7.28. The number of hydrogen-bond donors (Lipinski definition) is 0. The van der Waals surface area contributed by atoms with Crippen LogP contribution in [-0.2, 0) is 19.9 Å². The van der Waals surface area contributed by atoms with E-state index in [9.17, 15) is 0 Å². The zero-order valence-corrected chi connectivity index (χ0v) is 19.6. The Morgan fingerprint density at radius 3 is 2.42 bits per heavy atom. The number of hydrogen-bond acceptors (Lipinski definition) is 3. The van der Waals surface area contributed by atoms with E-state index in [-0.39, 0.29) is 0 Å². The number of rotatable bonds is 5. The summed E-state index contributed by atoms with van der Waals surface area (Å²) in [6.07, 6.45) is 29.6. The number of thiazole rings is 1. The van der Waals surface area contributed by atoms with E-state index < -0.39 is 0 Å². The molecule has 4 rings (SSSR count). The Labute approximate surface area is 193 Å². The van der Waals surface area contributed by atoms with Gasteiger partial charge in [-0.1, -0.05) is 102 Å². The summed E-state index contributed by atoms with van der Waals surface area (Å²) >= 11 is 3.69. The van der Waals surface area contributed by atoms with Crippen molar-refractivity contribution in [2.24, 2.45) is 7.05 Å². The molecule has 1 aromatic carbocycles. The number of para-hydroxylation sites is 1. The Kier molecular flexibility index (Phi) is 7.23. The molecule has 156 valence electrons. The lowest BCUT2D eigenvalue weighted by molar-refractivity contribution is -0.675. The quantitative estimate of drug-likeness (QED) is 0.382. The van der Waals surface area contributed by atoms with Crippen molar-refractivity contribution in [1.82, 2.24) is 0 Å². The second kappa shape index (κ2) is 10.5. The first-order valence-corrected chi connectivity index (χ1v) is 12.1. The zero-order valence-electron chi connectivity index (χ0n) is 17.9. The van der Waals surface area contributed by atoms with Gasteiger partial charge in [0, 0.05) is 24.4 Å². The Morgan fingerprint density at radius 1 is 0.903 bits per heavy atom. The van der Waals surface area contributed by atoms with Crippen LogP contribution in [-0.4, -0.2) is 7.05 Å². The SMILES string of the molecule is CN1/C(=C/C=C/C=C/C=C/C=C/c2sc3c([n+]2C)CC=C/C=C\C3)Sc2ccccc21. The standard InChI is InChI=1S/C27H27N2S2/c1-28-22-16-10-8-9-11-18-24(22)30-26(28)20-12-6-4-3-5-7-13-21-27-29(2)23-17-14-15-19-25(23)31-27/h3-15,17,19-21H,16,18H2,1-2H3/q+1/b10-8?,11-9-. The van der Waals surface area contributed by atoms with Crippen molar-refractivity contribution < 1.29 is 4.57 Å². The summed E-state index contributed by atoms with van der Waals surface area (Å²) in [7, 11) is 4.28. The summed E-state index contributed by atoms with van der Waals surface area (Å²) in [4.78, 5) is 5.01. The molecule has 2 aromatic rings. The summed E-state index contributed by atoms with van der Waals surface area (Å²) in [6, 6.07) is 8.50. The van der Waals surface area contributed by atoms with Gasteiger partial charge in [0.1, 0.15) is 7.05 Å². The average Bonchev–Trinajstić information content (AvgIpc) is 3.23. The van der Waals surface area contributed by atoms with Crippen molar-refractivity contribution in [2.45, 2.75) is 17.7 Å². The fourth-order valence-corrected chi connectivity index (χ4v) is 5.73. The van der Waals surface area contributed by atoms with E-state index in [1.54, 1.807) is 0 Å². The maximum absolute atomic E-state index is 2.32. The average molecular weight is 444 g/mol. The topological polar surface area (TPSA) is 7.12 Å². The molecule has 31 heavy (non-hydrogen) atoms. The molecule has 1 aliphatic heterocycles. The summed E-state index contributed by atoms with van der Waals surface area (Å²) < 4.78 is 2.32. The highest BCUT2D eigenvalue weighted by Gasteiger charge is 2.21. The van der Waals surface area contributed by atoms with Crippen molar-refractivity contribution in [1.29, 1.82) is 0 Å². The molecular weight excluding hydrogens is 416 g/mol. The van der Waals surface area contributed by atoms with Gasteiger partial charge in [0.25, 0.3) is 5.01 Å². The number of allylic oxidation sites excluding steroid dienone is 12. The molecule has 0 spiro atoms. The summed E-state index contributed by atoms with van der Waals surface area (Å²) in [5.74, 6) is 0. The van der Waals surface area contributed by atoms with Crippen LogP contribution in [0, 0.1) is 0 Å². The molecule has 1 aliphatic carbocycles. The predicted octanol–water partition coefficient (Wildman–Crippen LogP) is 6.55. The predicted molar refractivity (Wildman–Crippen MR) is 136 cm³/mol. The van der Waals surface area contributed by atoms with E-state index in [0.717, 1.165) is 12.8 Å². The minimum absolute atomic E-state index is 1.00. The first-order chi connectivity index (χ1) is 15.2. The molecule has 0 saturated carbocycles. The maximum atomic E-state index is 2.32. The Hall–Kier alpha value is -2.82. The highest BCUT2D eigenvalue weighted by Crippen LogP contribution is 2.44. The van der Waals surface area contributed by atoms with Crippen LogP contribution in [0.1, 0.15) is 15.6 Å². The molecule has 0 unspecified atom stereocenters. The van der Waals surface area contributed by atoms with Gasteiger partial charge in [-0.15, -0.1) is 0 Å². The summed E-state index contributed by atoms with van der Waals surface area (Å²) in [5, 5.41) is 2.53. The maximum Gasteiger partial charge on any atom is 0.261 e. The molecule has 2 aliphatic rings. The Balaban J connectivity index is 1.30. The van der Waals surface area contributed by atoms with Gasteiger partial charge in [-0.05, 0) is 18.2 Å². The lowest BCUT2D eigenvalue weighted by Crippen LogP contribution is -2.33. The molecule has 1 aromatic heterocycles. The van der Waals surface area contributed by atoms with E-state index in [2.05, 4.69) is 127 Å². The van der Waals surface area contributed by atoms with Crippen LogP contribution < -0.4 is 9.47 Å². The van der Waals surface area contributed by atoms with Crippen LogP contribution in [0.15, 0.2) is 107 Å². The van der Waals surface area contributed by atoms with Gasteiger partial charge >= 0.3 is 0 Å². The Bertz CT molecular complexity index is 1140. The second-order valence-corrected chi connectivity index (χ2v) is 9.46. The molecule has 2 nitrogen and oxygen atoms in total. The zero-order chi connectivity index (χ0) is 21.5.